The minimum atomic E-state index is 0.322. The van der Waals surface area contributed by atoms with E-state index in [2.05, 4.69) is 112 Å². The van der Waals surface area contributed by atoms with Crippen LogP contribution in [0.2, 0.25) is 0 Å². The first-order valence-corrected chi connectivity index (χ1v) is 13.4. The Morgan fingerprint density at radius 2 is 0.725 bits per heavy atom. The third kappa shape index (κ3) is 6.05. The van der Waals surface area contributed by atoms with E-state index in [9.17, 15) is 0 Å². The van der Waals surface area contributed by atoms with Crippen molar-refractivity contribution >= 4 is 0 Å². The Morgan fingerprint density at radius 3 is 0.975 bits per heavy atom. The van der Waals surface area contributed by atoms with E-state index in [1.165, 1.54) is 16.7 Å². The Morgan fingerprint density at radius 1 is 0.425 bits per heavy atom. The van der Waals surface area contributed by atoms with E-state index in [0.717, 1.165) is 0 Å². The minimum Gasteiger partial charge on any atom is -0.151 e. The molecule has 10 heteroatoms. The van der Waals surface area contributed by atoms with Crippen molar-refractivity contribution in [3.05, 3.63) is 145 Å². The number of rotatable bonds is 12. The zero-order valence-electron chi connectivity index (χ0n) is 22.3. The monoisotopic (exact) mass is 533 g/mol. The summed E-state index contributed by atoms with van der Waals surface area (Å²) in [5.41, 5.74) is 3.57. The molecule has 0 amide bonds. The molecule has 0 aromatic heterocycles. The van der Waals surface area contributed by atoms with Crippen molar-refractivity contribution in [3.8, 4) is 0 Å². The summed E-state index contributed by atoms with van der Waals surface area (Å²) in [6, 6.07) is 31.3. The first-order valence-electron chi connectivity index (χ1n) is 13.4. The van der Waals surface area contributed by atoms with Crippen LogP contribution in [0.1, 0.15) is 16.7 Å². The van der Waals surface area contributed by atoms with Gasteiger partial charge in [0.15, 0.2) is 20.0 Å². The SMILES string of the molecule is C1=C[N+](Cc2ccccc2)(CN(C[N+]2(Cc3ccccc3)C=CN=N2)C[N+]2(Cc3ccccc3)C=CN=N2)N=N1. The quantitative estimate of drug-likeness (QED) is 0.237. The van der Waals surface area contributed by atoms with Crippen molar-refractivity contribution in [1.82, 2.24) is 4.90 Å². The van der Waals surface area contributed by atoms with Crippen molar-refractivity contribution in [2.24, 2.45) is 31.0 Å². The van der Waals surface area contributed by atoms with Gasteiger partial charge in [-0.3, -0.25) is 0 Å². The van der Waals surface area contributed by atoms with Crippen LogP contribution < -0.4 is 0 Å². The van der Waals surface area contributed by atoms with Crippen molar-refractivity contribution in [1.29, 1.82) is 0 Å². The van der Waals surface area contributed by atoms with Crippen LogP contribution in [-0.4, -0.2) is 38.7 Å². The van der Waals surface area contributed by atoms with E-state index in [1.807, 2.05) is 18.2 Å². The van der Waals surface area contributed by atoms with Crippen LogP contribution >= 0.6 is 0 Å². The zero-order chi connectivity index (χ0) is 27.1. The lowest BCUT2D eigenvalue weighted by Crippen LogP contribution is -2.57. The smallest absolute Gasteiger partial charge is 0.151 e. The van der Waals surface area contributed by atoms with Gasteiger partial charge in [0.1, 0.15) is 56.8 Å². The van der Waals surface area contributed by atoms with E-state index >= 15 is 0 Å². The molecule has 10 nitrogen and oxygen atoms in total. The zero-order valence-corrected chi connectivity index (χ0v) is 22.3. The summed E-state index contributed by atoms with van der Waals surface area (Å²) in [7, 11) is 0. The van der Waals surface area contributed by atoms with Gasteiger partial charge in [-0.1, -0.05) is 91.0 Å². The van der Waals surface area contributed by atoms with Gasteiger partial charge >= 0.3 is 0 Å². The Kier molecular flexibility index (Phi) is 7.30. The summed E-state index contributed by atoms with van der Waals surface area (Å²) in [5, 5.41) is 27.0. The summed E-state index contributed by atoms with van der Waals surface area (Å²) >= 11 is 0. The van der Waals surface area contributed by atoms with Gasteiger partial charge in [-0.25, -0.2) is 0 Å². The maximum atomic E-state index is 4.72. The van der Waals surface area contributed by atoms with E-state index in [4.69, 9.17) is 15.7 Å². The van der Waals surface area contributed by atoms with Gasteiger partial charge in [0.25, 0.3) is 0 Å². The van der Waals surface area contributed by atoms with Gasteiger partial charge in [0.05, 0.1) is 0 Å². The van der Waals surface area contributed by atoms with Crippen LogP contribution in [0.3, 0.4) is 0 Å². The molecule has 3 heterocycles. The number of hydrogen-bond acceptors (Lipinski definition) is 7. The number of hydrogen-bond donors (Lipinski definition) is 0. The molecule has 3 unspecified atom stereocenters. The lowest BCUT2D eigenvalue weighted by molar-refractivity contribution is -0.962. The van der Waals surface area contributed by atoms with Crippen molar-refractivity contribution < 1.29 is 13.8 Å². The Labute approximate surface area is 234 Å². The lowest BCUT2D eigenvalue weighted by Gasteiger charge is -2.37. The first kappa shape index (κ1) is 25.8. The molecule has 200 valence electrons. The van der Waals surface area contributed by atoms with Crippen molar-refractivity contribution in [2.75, 3.05) is 20.0 Å². The molecule has 0 fully saturated rings. The highest BCUT2D eigenvalue weighted by molar-refractivity contribution is 5.15. The van der Waals surface area contributed by atoms with Crippen LogP contribution in [-0.2, 0) is 19.6 Å². The predicted octanol–water partition coefficient (Wildman–Crippen LogP) is 6.77. The average molecular weight is 534 g/mol. The lowest BCUT2D eigenvalue weighted by atomic mass is 10.2. The fourth-order valence-electron chi connectivity index (χ4n) is 5.45. The molecule has 0 saturated heterocycles. The van der Waals surface area contributed by atoms with Crippen molar-refractivity contribution in [2.45, 2.75) is 19.6 Å². The molecular formula is C30H33N10+3. The second-order valence-electron chi connectivity index (χ2n) is 10.5. The highest BCUT2D eigenvalue weighted by Gasteiger charge is 2.43. The molecule has 0 bridgehead atoms. The summed E-state index contributed by atoms with van der Waals surface area (Å²) in [5.74, 6) is 0. The molecule has 3 aromatic rings. The molecule has 0 spiro atoms. The Balaban J connectivity index is 1.33. The summed E-state index contributed by atoms with van der Waals surface area (Å²) in [6.45, 7) is 3.78. The predicted molar refractivity (Wildman–Crippen MR) is 150 cm³/mol. The van der Waals surface area contributed by atoms with Gasteiger partial charge < -0.3 is 0 Å². The molecule has 40 heavy (non-hydrogen) atoms. The van der Waals surface area contributed by atoms with Crippen LogP contribution in [0, 0.1) is 0 Å². The average Bonchev–Trinajstić information content (AvgIpc) is 3.73. The third-order valence-electron chi connectivity index (χ3n) is 7.15. The highest BCUT2D eigenvalue weighted by atomic mass is 15.8. The van der Waals surface area contributed by atoms with Crippen LogP contribution in [0.4, 0.5) is 0 Å². The molecular weight excluding hydrogens is 500 g/mol. The van der Waals surface area contributed by atoms with E-state index in [0.29, 0.717) is 53.4 Å². The largest absolute Gasteiger partial charge is 0.175 e. The summed E-state index contributed by atoms with van der Waals surface area (Å²) in [4.78, 5) is 2.37. The second-order valence-corrected chi connectivity index (χ2v) is 10.5. The maximum absolute atomic E-state index is 4.72. The Bertz CT molecular complexity index is 1250. The van der Waals surface area contributed by atoms with Gasteiger partial charge in [-0.15, -0.1) is 29.1 Å². The molecule has 3 atom stereocenters. The number of benzene rings is 3. The molecule has 3 aliphatic heterocycles. The van der Waals surface area contributed by atoms with Gasteiger partial charge in [0, 0.05) is 32.4 Å². The fourth-order valence-corrected chi connectivity index (χ4v) is 5.45. The van der Waals surface area contributed by atoms with Gasteiger partial charge in [0.2, 0.25) is 0 Å². The molecule has 0 N–H and O–H groups in total. The molecule has 3 aromatic carbocycles. The summed E-state index contributed by atoms with van der Waals surface area (Å²) in [6.07, 6.45) is 11.5. The molecule has 0 radical (unpaired) electrons. The molecule has 6 rings (SSSR count). The van der Waals surface area contributed by atoms with Crippen LogP contribution in [0.25, 0.3) is 0 Å². The van der Waals surface area contributed by atoms with E-state index < -0.39 is 0 Å². The number of quaternary nitrogens is 3. The standard InChI is InChI=1S/C30H33N10/c1-4-10-28(11-5-1)22-38(19-16-31-34-38)25-37(26-39(20-17-32-35-39)23-29-12-6-2-7-13-29)27-40(21-18-33-36-40)24-30-14-8-3-9-15-30/h1-21H,22-27H2/q+3. The van der Waals surface area contributed by atoms with E-state index in [-0.39, 0.29) is 0 Å². The Hall–Kier alpha value is -4.48. The van der Waals surface area contributed by atoms with Crippen molar-refractivity contribution in [3.63, 3.8) is 0 Å². The van der Waals surface area contributed by atoms with Crippen LogP contribution in [0.15, 0.2) is 159 Å². The number of nitrogens with zero attached hydrogens (tertiary/aromatic N) is 10. The topological polar surface area (TPSA) is 77.4 Å². The third-order valence-corrected chi connectivity index (χ3v) is 7.15. The van der Waals surface area contributed by atoms with Crippen LogP contribution in [0.5, 0.6) is 0 Å². The molecule has 0 aliphatic carbocycles. The maximum Gasteiger partial charge on any atom is 0.175 e. The second kappa shape index (κ2) is 11.3. The van der Waals surface area contributed by atoms with Gasteiger partial charge in [-0.05, 0) is 0 Å². The molecule has 3 aliphatic rings. The normalized spacial score (nSPS) is 26.0. The fraction of sp³-hybridized carbons (Fsp3) is 0.200. The minimum absolute atomic E-state index is 0.322. The summed E-state index contributed by atoms with van der Waals surface area (Å²) < 4.78 is 0.965. The first-order chi connectivity index (χ1) is 19.6. The van der Waals surface area contributed by atoms with Gasteiger partial charge in [-0.2, -0.15) is 4.90 Å². The highest BCUT2D eigenvalue weighted by Crippen LogP contribution is 2.30. The van der Waals surface area contributed by atoms with E-state index in [1.54, 1.807) is 18.6 Å². The molecule has 0 saturated carbocycles.